The molecule has 1 nitrogen and oxygen atoms in total. The normalized spacial score (nSPS) is 13.6. The second-order valence-electron chi connectivity index (χ2n) is 6.25. The van der Waals surface area contributed by atoms with Gasteiger partial charge >= 0.3 is 0 Å². The SMILES string of the molecule is CCCNC(Cc1ccc(F)cc1)CC(C)(C)C. The highest BCUT2D eigenvalue weighted by Crippen LogP contribution is 2.22. The number of nitrogens with one attached hydrogen (secondary N) is 1. The van der Waals surface area contributed by atoms with Crippen LogP contribution in [0.5, 0.6) is 0 Å². The first-order chi connectivity index (χ1) is 8.40. The lowest BCUT2D eigenvalue weighted by Crippen LogP contribution is -2.35. The number of benzene rings is 1. The van der Waals surface area contributed by atoms with Gasteiger partial charge in [-0.15, -0.1) is 0 Å². The molecule has 0 fully saturated rings. The van der Waals surface area contributed by atoms with Gasteiger partial charge in [0.2, 0.25) is 0 Å². The third-order valence-electron chi connectivity index (χ3n) is 2.94. The van der Waals surface area contributed by atoms with Gasteiger partial charge in [-0.05, 0) is 48.9 Å². The van der Waals surface area contributed by atoms with E-state index < -0.39 is 0 Å². The molecule has 0 heterocycles. The van der Waals surface area contributed by atoms with E-state index >= 15 is 0 Å². The summed E-state index contributed by atoms with van der Waals surface area (Å²) in [6.45, 7) is 10.0. The largest absolute Gasteiger partial charge is 0.314 e. The van der Waals surface area contributed by atoms with E-state index in [1.165, 1.54) is 5.56 Å². The van der Waals surface area contributed by atoms with Crippen LogP contribution < -0.4 is 5.32 Å². The van der Waals surface area contributed by atoms with Gasteiger partial charge in [0.1, 0.15) is 5.82 Å². The Morgan fingerprint density at radius 1 is 1.17 bits per heavy atom. The average molecular weight is 251 g/mol. The Balaban J connectivity index is 2.62. The molecule has 0 saturated carbocycles. The molecule has 1 rings (SSSR count). The molecule has 102 valence electrons. The Morgan fingerprint density at radius 3 is 2.28 bits per heavy atom. The lowest BCUT2D eigenvalue weighted by Gasteiger charge is -2.27. The fraction of sp³-hybridized carbons (Fsp3) is 0.625. The third-order valence-corrected chi connectivity index (χ3v) is 2.94. The summed E-state index contributed by atoms with van der Waals surface area (Å²) in [6, 6.07) is 7.33. The van der Waals surface area contributed by atoms with Crippen LogP contribution in [-0.2, 0) is 6.42 Å². The number of halogens is 1. The average Bonchev–Trinajstić information content (AvgIpc) is 2.27. The van der Waals surface area contributed by atoms with Crippen molar-refractivity contribution in [1.29, 1.82) is 0 Å². The Bertz CT molecular complexity index is 337. The molecule has 1 unspecified atom stereocenters. The second-order valence-corrected chi connectivity index (χ2v) is 6.25. The summed E-state index contributed by atoms with van der Waals surface area (Å²) in [5.74, 6) is -0.160. The zero-order chi connectivity index (χ0) is 13.6. The van der Waals surface area contributed by atoms with Crippen molar-refractivity contribution in [2.24, 2.45) is 5.41 Å². The van der Waals surface area contributed by atoms with Gasteiger partial charge in [0, 0.05) is 6.04 Å². The minimum atomic E-state index is -0.160. The smallest absolute Gasteiger partial charge is 0.123 e. The van der Waals surface area contributed by atoms with Crippen LogP contribution >= 0.6 is 0 Å². The van der Waals surface area contributed by atoms with Crippen LogP contribution in [0, 0.1) is 11.2 Å². The van der Waals surface area contributed by atoms with Gasteiger partial charge in [0.05, 0.1) is 0 Å². The molecule has 0 amide bonds. The molecule has 1 atom stereocenters. The summed E-state index contributed by atoms with van der Waals surface area (Å²) < 4.78 is 12.9. The highest BCUT2D eigenvalue weighted by atomic mass is 19.1. The maximum Gasteiger partial charge on any atom is 0.123 e. The quantitative estimate of drug-likeness (QED) is 0.800. The molecule has 0 spiro atoms. The van der Waals surface area contributed by atoms with Crippen LogP contribution in [0.25, 0.3) is 0 Å². The Labute approximate surface area is 111 Å². The lowest BCUT2D eigenvalue weighted by atomic mass is 9.86. The molecule has 18 heavy (non-hydrogen) atoms. The van der Waals surface area contributed by atoms with Gasteiger partial charge < -0.3 is 5.32 Å². The van der Waals surface area contributed by atoms with Crippen LogP contribution in [0.15, 0.2) is 24.3 Å². The minimum absolute atomic E-state index is 0.160. The highest BCUT2D eigenvalue weighted by Gasteiger charge is 2.18. The summed E-state index contributed by atoms with van der Waals surface area (Å²) in [5, 5.41) is 3.60. The zero-order valence-corrected chi connectivity index (χ0v) is 12.1. The van der Waals surface area contributed by atoms with E-state index in [0.29, 0.717) is 11.5 Å². The maximum absolute atomic E-state index is 12.9. The molecule has 0 aliphatic rings. The van der Waals surface area contributed by atoms with Gasteiger partial charge in [-0.1, -0.05) is 39.8 Å². The van der Waals surface area contributed by atoms with E-state index in [1.807, 2.05) is 12.1 Å². The van der Waals surface area contributed by atoms with Gasteiger partial charge in [-0.25, -0.2) is 4.39 Å². The van der Waals surface area contributed by atoms with Gasteiger partial charge in [0.25, 0.3) is 0 Å². The highest BCUT2D eigenvalue weighted by molar-refractivity contribution is 5.17. The van der Waals surface area contributed by atoms with Crippen LogP contribution in [0.2, 0.25) is 0 Å². The van der Waals surface area contributed by atoms with Crippen molar-refractivity contribution in [2.75, 3.05) is 6.54 Å². The van der Waals surface area contributed by atoms with Crippen molar-refractivity contribution >= 4 is 0 Å². The summed E-state index contributed by atoms with van der Waals surface area (Å²) in [4.78, 5) is 0. The van der Waals surface area contributed by atoms with E-state index in [9.17, 15) is 4.39 Å². The van der Waals surface area contributed by atoms with E-state index in [0.717, 1.165) is 25.8 Å². The summed E-state index contributed by atoms with van der Waals surface area (Å²) in [7, 11) is 0. The van der Waals surface area contributed by atoms with Crippen molar-refractivity contribution in [3.63, 3.8) is 0 Å². The van der Waals surface area contributed by atoms with Crippen molar-refractivity contribution in [3.8, 4) is 0 Å². The molecule has 2 heteroatoms. The summed E-state index contributed by atoms with van der Waals surface area (Å²) in [6.07, 6.45) is 3.24. The van der Waals surface area contributed by atoms with Crippen molar-refractivity contribution in [2.45, 2.75) is 53.0 Å². The molecule has 0 aliphatic heterocycles. The predicted molar refractivity (Wildman–Crippen MR) is 76.3 cm³/mol. The van der Waals surface area contributed by atoms with E-state index in [1.54, 1.807) is 12.1 Å². The minimum Gasteiger partial charge on any atom is -0.314 e. The van der Waals surface area contributed by atoms with Crippen molar-refractivity contribution in [3.05, 3.63) is 35.6 Å². The maximum atomic E-state index is 12.9. The van der Waals surface area contributed by atoms with Gasteiger partial charge in [-0.2, -0.15) is 0 Å². The standard InChI is InChI=1S/C16H26FN/c1-5-10-18-15(12-16(2,3)4)11-13-6-8-14(17)9-7-13/h6-9,15,18H,5,10-12H2,1-4H3. The molecule has 0 saturated heterocycles. The second kappa shape index (κ2) is 6.89. The molecular formula is C16H26FN. The van der Waals surface area contributed by atoms with Crippen LogP contribution in [0.4, 0.5) is 4.39 Å². The molecule has 0 radical (unpaired) electrons. The lowest BCUT2D eigenvalue weighted by molar-refractivity contribution is 0.306. The topological polar surface area (TPSA) is 12.0 Å². The molecular weight excluding hydrogens is 225 g/mol. The first-order valence-electron chi connectivity index (χ1n) is 6.88. The van der Waals surface area contributed by atoms with Gasteiger partial charge in [-0.3, -0.25) is 0 Å². The van der Waals surface area contributed by atoms with E-state index in [-0.39, 0.29) is 5.82 Å². The molecule has 1 N–H and O–H groups in total. The zero-order valence-electron chi connectivity index (χ0n) is 12.1. The van der Waals surface area contributed by atoms with Crippen molar-refractivity contribution in [1.82, 2.24) is 5.32 Å². The predicted octanol–water partition coefficient (Wildman–Crippen LogP) is 4.17. The number of hydrogen-bond donors (Lipinski definition) is 1. The van der Waals surface area contributed by atoms with Crippen LogP contribution in [0.3, 0.4) is 0 Å². The van der Waals surface area contributed by atoms with E-state index in [2.05, 4.69) is 33.0 Å². The van der Waals surface area contributed by atoms with Crippen LogP contribution in [0.1, 0.15) is 46.1 Å². The number of rotatable bonds is 6. The molecule has 1 aromatic rings. The Hall–Kier alpha value is -0.890. The fourth-order valence-corrected chi connectivity index (χ4v) is 2.21. The molecule has 0 bridgehead atoms. The van der Waals surface area contributed by atoms with Gasteiger partial charge in [0.15, 0.2) is 0 Å². The molecule has 1 aromatic carbocycles. The fourth-order valence-electron chi connectivity index (χ4n) is 2.21. The van der Waals surface area contributed by atoms with Crippen molar-refractivity contribution < 1.29 is 4.39 Å². The number of hydrogen-bond acceptors (Lipinski definition) is 1. The Kier molecular flexibility index (Phi) is 5.80. The summed E-state index contributed by atoms with van der Waals surface area (Å²) in [5.41, 5.74) is 1.51. The monoisotopic (exact) mass is 251 g/mol. The summed E-state index contributed by atoms with van der Waals surface area (Å²) >= 11 is 0. The third kappa shape index (κ3) is 6.15. The first-order valence-corrected chi connectivity index (χ1v) is 6.88. The Morgan fingerprint density at radius 2 is 1.78 bits per heavy atom. The van der Waals surface area contributed by atoms with Crippen LogP contribution in [-0.4, -0.2) is 12.6 Å². The molecule has 0 aromatic heterocycles. The first kappa shape index (κ1) is 15.2. The van der Waals surface area contributed by atoms with E-state index in [4.69, 9.17) is 0 Å². The molecule has 0 aliphatic carbocycles.